The molecule has 1 saturated carbocycles. The number of hydrogen-bond donors (Lipinski definition) is 1. The quantitative estimate of drug-likeness (QED) is 0.598. The highest BCUT2D eigenvalue weighted by atomic mass is 16.2. The summed E-state index contributed by atoms with van der Waals surface area (Å²) in [6, 6.07) is 10.0. The second-order valence-corrected chi connectivity index (χ2v) is 8.03. The van der Waals surface area contributed by atoms with Gasteiger partial charge in [0.15, 0.2) is 0 Å². The third-order valence-electron chi connectivity index (χ3n) is 5.73. The van der Waals surface area contributed by atoms with E-state index < -0.39 is 11.8 Å². The first-order valence-electron chi connectivity index (χ1n) is 10.6. The monoisotopic (exact) mass is 421 g/mol. The fraction of sp³-hybridized carbons (Fsp3) is 0.391. The van der Waals surface area contributed by atoms with Crippen molar-refractivity contribution < 1.29 is 14.4 Å². The number of nitrogens with zero attached hydrogens (tertiary/aromatic N) is 4. The average molecular weight is 422 g/mol. The summed E-state index contributed by atoms with van der Waals surface area (Å²) in [5.41, 5.74) is 3.70. The lowest BCUT2D eigenvalue weighted by molar-refractivity contribution is -0.148. The predicted molar refractivity (Wildman–Crippen MR) is 116 cm³/mol. The number of nitrogens with one attached hydrogen (secondary N) is 1. The number of rotatable bonds is 4. The van der Waals surface area contributed by atoms with Crippen LogP contribution in [0.3, 0.4) is 0 Å². The lowest BCUT2D eigenvalue weighted by Gasteiger charge is -2.33. The molecule has 0 radical (unpaired) electrons. The number of benzene rings is 1. The van der Waals surface area contributed by atoms with Crippen LogP contribution in [0.5, 0.6) is 0 Å². The van der Waals surface area contributed by atoms with Crippen molar-refractivity contribution in [2.75, 3.05) is 26.2 Å². The highest BCUT2D eigenvalue weighted by molar-refractivity contribution is 6.35. The molecule has 1 aliphatic carbocycles. The van der Waals surface area contributed by atoms with Gasteiger partial charge in [0.05, 0.1) is 11.4 Å². The zero-order valence-electron chi connectivity index (χ0n) is 17.9. The molecule has 31 heavy (non-hydrogen) atoms. The van der Waals surface area contributed by atoms with E-state index in [1.165, 1.54) is 4.90 Å². The van der Waals surface area contributed by atoms with Gasteiger partial charge < -0.3 is 15.1 Å². The first-order chi connectivity index (χ1) is 14.9. The maximum atomic E-state index is 12.7. The molecule has 3 amide bonds. The van der Waals surface area contributed by atoms with Crippen molar-refractivity contribution >= 4 is 23.8 Å². The Morgan fingerprint density at radius 1 is 1.00 bits per heavy atom. The molecular weight excluding hydrogens is 394 g/mol. The molecule has 1 N–H and O–H groups in total. The van der Waals surface area contributed by atoms with E-state index in [1.807, 2.05) is 48.9 Å². The second-order valence-electron chi connectivity index (χ2n) is 8.03. The van der Waals surface area contributed by atoms with Crippen molar-refractivity contribution in [1.82, 2.24) is 24.9 Å². The zero-order chi connectivity index (χ0) is 22.0. The molecule has 0 atom stereocenters. The van der Waals surface area contributed by atoms with Crippen LogP contribution in [-0.4, -0.2) is 69.5 Å². The van der Waals surface area contributed by atoms with Crippen LogP contribution in [0.1, 0.15) is 29.8 Å². The van der Waals surface area contributed by atoms with Crippen molar-refractivity contribution in [1.29, 1.82) is 0 Å². The van der Waals surface area contributed by atoms with Crippen LogP contribution >= 0.6 is 0 Å². The first-order valence-corrected chi connectivity index (χ1v) is 10.6. The minimum absolute atomic E-state index is 0.110. The molecule has 0 bridgehead atoms. The number of para-hydroxylation sites is 1. The third-order valence-corrected chi connectivity index (χ3v) is 5.73. The largest absolute Gasteiger partial charge is 0.345 e. The van der Waals surface area contributed by atoms with Crippen molar-refractivity contribution in [2.45, 2.75) is 32.7 Å². The minimum atomic E-state index is -0.538. The lowest BCUT2D eigenvalue weighted by atomic mass is 10.1. The van der Waals surface area contributed by atoms with E-state index in [2.05, 4.69) is 10.4 Å². The van der Waals surface area contributed by atoms with E-state index in [-0.39, 0.29) is 11.9 Å². The number of piperazine rings is 1. The molecule has 2 aromatic rings. The van der Waals surface area contributed by atoms with E-state index in [4.69, 9.17) is 0 Å². The third kappa shape index (κ3) is 4.68. The van der Waals surface area contributed by atoms with Crippen LogP contribution in [0.15, 0.2) is 36.4 Å². The Kier molecular flexibility index (Phi) is 5.88. The van der Waals surface area contributed by atoms with Crippen LogP contribution in [0, 0.1) is 13.8 Å². The fourth-order valence-corrected chi connectivity index (χ4v) is 3.72. The Morgan fingerprint density at radius 2 is 1.65 bits per heavy atom. The van der Waals surface area contributed by atoms with E-state index in [0.29, 0.717) is 26.2 Å². The van der Waals surface area contributed by atoms with Gasteiger partial charge in [0.1, 0.15) is 0 Å². The van der Waals surface area contributed by atoms with Crippen LogP contribution in [0.25, 0.3) is 11.8 Å². The number of carbonyl (C=O) groups excluding carboxylic acids is 3. The molecule has 2 aliphatic rings. The Hall–Kier alpha value is -3.42. The predicted octanol–water partition coefficient (Wildman–Crippen LogP) is 1.45. The van der Waals surface area contributed by atoms with Crippen molar-refractivity contribution in [2.24, 2.45) is 0 Å². The van der Waals surface area contributed by atoms with Gasteiger partial charge in [0.2, 0.25) is 5.91 Å². The van der Waals surface area contributed by atoms with E-state index in [1.54, 1.807) is 17.1 Å². The summed E-state index contributed by atoms with van der Waals surface area (Å²) >= 11 is 0. The van der Waals surface area contributed by atoms with Crippen molar-refractivity contribution in [3.05, 3.63) is 53.4 Å². The number of carbonyl (C=O) groups is 3. The maximum Gasteiger partial charge on any atom is 0.312 e. The second kappa shape index (κ2) is 8.75. The van der Waals surface area contributed by atoms with Crippen LogP contribution < -0.4 is 5.32 Å². The molecule has 1 aromatic carbocycles. The summed E-state index contributed by atoms with van der Waals surface area (Å²) < 4.78 is 1.87. The van der Waals surface area contributed by atoms with Crippen LogP contribution in [-0.2, 0) is 14.4 Å². The standard InChI is InChI=1S/C23H27N5O3/c1-16-20(17(2)28(25-16)19-6-4-3-5-7-19)10-11-21(29)26-12-14-27(15-13-26)23(31)22(30)24-18-8-9-18/h3-7,10-11,18H,8-9,12-15H2,1-2H3,(H,24,30). The average Bonchev–Trinajstić information content (AvgIpc) is 3.56. The highest BCUT2D eigenvalue weighted by Gasteiger charge is 2.31. The van der Waals surface area contributed by atoms with Gasteiger partial charge in [-0.2, -0.15) is 5.10 Å². The van der Waals surface area contributed by atoms with Gasteiger partial charge in [-0.3, -0.25) is 14.4 Å². The fourth-order valence-electron chi connectivity index (χ4n) is 3.72. The molecular formula is C23H27N5O3. The Bertz CT molecular complexity index is 1020. The number of aryl methyl sites for hydroxylation is 1. The Balaban J connectivity index is 1.35. The van der Waals surface area contributed by atoms with E-state index in [9.17, 15) is 14.4 Å². The highest BCUT2D eigenvalue weighted by Crippen LogP contribution is 2.20. The molecule has 162 valence electrons. The summed E-state index contributed by atoms with van der Waals surface area (Å²) in [6.07, 6.45) is 5.25. The molecule has 2 heterocycles. The number of aromatic nitrogens is 2. The SMILES string of the molecule is Cc1nn(-c2ccccc2)c(C)c1C=CC(=O)N1CCN(C(=O)C(=O)NC2CC2)CC1. The zero-order valence-corrected chi connectivity index (χ0v) is 17.9. The summed E-state index contributed by atoms with van der Waals surface area (Å²) in [5, 5.41) is 7.32. The first kappa shape index (κ1) is 20.8. The number of amides is 3. The number of hydrogen-bond acceptors (Lipinski definition) is 4. The lowest BCUT2D eigenvalue weighted by Crippen LogP contribution is -2.53. The Labute approximate surface area is 181 Å². The van der Waals surface area contributed by atoms with Gasteiger partial charge in [-0.1, -0.05) is 18.2 Å². The molecule has 2 fully saturated rings. The minimum Gasteiger partial charge on any atom is -0.345 e. The van der Waals surface area contributed by atoms with Gasteiger partial charge in [0.25, 0.3) is 0 Å². The molecule has 1 aliphatic heterocycles. The van der Waals surface area contributed by atoms with Crippen molar-refractivity contribution in [3.8, 4) is 5.69 Å². The molecule has 8 nitrogen and oxygen atoms in total. The van der Waals surface area contributed by atoms with Gasteiger partial charge in [-0.05, 0) is 44.9 Å². The summed E-state index contributed by atoms with van der Waals surface area (Å²) in [4.78, 5) is 40.0. The topological polar surface area (TPSA) is 87.5 Å². The smallest absolute Gasteiger partial charge is 0.312 e. The maximum absolute atomic E-state index is 12.7. The molecule has 0 unspecified atom stereocenters. The van der Waals surface area contributed by atoms with E-state index in [0.717, 1.165) is 35.5 Å². The van der Waals surface area contributed by atoms with Gasteiger partial charge >= 0.3 is 11.8 Å². The van der Waals surface area contributed by atoms with Gasteiger partial charge in [-0.15, -0.1) is 0 Å². The summed E-state index contributed by atoms with van der Waals surface area (Å²) in [5.74, 6) is -1.15. The van der Waals surface area contributed by atoms with E-state index >= 15 is 0 Å². The molecule has 1 aromatic heterocycles. The Morgan fingerprint density at radius 3 is 2.29 bits per heavy atom. The van der Waals surface area contributed by atoms with Crippen molar-refractivity contribution in [3.63, 3.8) is 0 Å². The molecule has 8 heteroatoms. The van der Waals surface area contributed by atoms with Gasteiger partial charge in [-0.25, -0.2) is 4.68 Å². The molecule has 4 rings (SSSR count). The van der Waals surface area contributed by atoms with Gasteiger partial charge in [0, 0.05) is 49.6 Å². The summed E-state index contributed by atoms with van der Waals surface area (Å²) in [7, 11) is 0. The van der Waals surface area contributed by atoms with Crippen LogP contribution in [0.2, 0.25) is 0 Å². The van der Waals surface area contributed by atoms with Crippen LogP contribution in [0.4, 0.5) is 0 Å². The normalized spacial score (nSPS) is 16.6. The molecule has 0 spiro atoms. The molecule has 1 saturated heterocycles. The summed E-state index contributed by atoms with van der Waals surface area (Å²) in [6.45, 7) is 5.45.